The molecule has 0 unspecified atom stereocenters. The molecule has 0 saturated carbocycles. The highest BCUT2D eigenvalue weighted by atomic mass is 16.5. The van der Waals surface area contributed by atoms with Gasteiger partial charge in [-0.25, -0.2) is 0 Å². The van der Waals surface area contributed by atoms with Crippen LogP contribution in [0.4, 0.5) is 0 Å². The largest absolute Gasteiger partial charge is 0.372 e. The molecule has 0 N–H and O–H groups in total. The Kier molecular flexibility index (Phi) is 5.24. The standard InChI is InChI=1S/C21H21NO2/c1-17-20(16-24-15-19-10-6-3-7-11-19)12-13-22(21(17)23)14-18-8-4-2-5-9-18/h2-13H,14-16H2,1H3. The van der Waals surface area contributed by atoms with Gasteiger partial charge in [-0.05, 0) is 29.7 Å². The van der Waals surface area contributed by atoms with Gasteiger partial charge in [0, 0.05) is 11.8 Å². The molecule has 0 saturated heterocycles. The van der Waals surface area contributed by atoms with Crippen LogP contribution in [-0.2, 0) is 24.5 Å². The van der Waals surface area contributed by atoms with Crippen LogP contribution in [0.15, 0.2) is 77.7 Å². The first kappa shape index (κ1) is 16.2. The number of pyridine rings is 1. The van der Waals surface area contributed by atoms with Crippen LogP contribution in [0, 0.1) is 6.92 Å². The molecule has 1 aromatic heterocycles. The summed E-state index contributed by atoms with van der Waals surface area (Å²) in [5, 5.41) is 0. The Morgan fingerprint density at radius 3 is 2.12 bits per heavy atom. The molecule has 3 aromatic rings. The first-order valence-corrected chi connectivity index (χ1v) is 8.08. The van der Waals surface area contributed by atoms with E-state index in [4.69, 9.17) is 4.74 Å². The Balaban J connectivity index is 1.67. The number of hydrogen-bond acceptors (Lipinski definition) is 2. The molecule has 0 aliphatic rings. The van der Waals surface area contributed by atoms with Crippen LogP contribution in [0.1, 0.15) is 22.3 Å². The van der Waals surface area contributed by atoms with E-state index in [1.54, 1.807) is 4.57 Å². The van der Waals surface area contributed by atoms with Gasteiger partial charge in [-0.1, -0.05) is 60.7 Å². The number of hydrogen-bond donors (Lipinski definition) is 0. The molecule has 0 bridgehead atoms. The summed E-state index contributed by atoms with van der Waals surface area (Å²) in [5.41, 5.74) is 3.99. The van der Waals surface area contributed by atoms with Crippen molar-refractivity contribution in [1.82, 2.24) is 4.57 Å². The highest BCUT2D eigenvalue weighted by molar-refractivity contribution is 5.23. The maximum atomic E-state index is 12.5. The fourth-order valence-electron chi connectivity index (χ4n) is 2.64. The third kappa shape index (κ3) is 4.00. The summed E-state index contributed by atoms with van der Waals surface area (Å²) in [5.74, 6) is 0. The lowest BCUT2D eigenvalue weighted by molar-refractivity contribution is 0.106. The minimum absolute atomic E-state index is 0.0414. The van der Waals surface area contributed by atoms with Crippen LogP contribution in [0.25, 0.3) is 0 Å². The van der Waals surface area contributed by atoms with E-state index >= 15 is 0 Å². The molecular weight excluding hydrogens is 298 g/mol. The van der Waals surface area contributed by atoms with E-state index in [1.165, 1.54) is 0 Å². The fourth-order valence-corrected chi connectivity index (χ4v) is 2.64. The Morgan fingerprint density at radius 1 is 0.833 bits per heavy atom. The molecule has 2 aromatic carbocycles. The number of benzene rings is 2. The van der Waals surface area contributed by atoms with Crippen molar-refractivity contribution >= 4 is 0 Å². The first-order valence-electron chi connectivity index (χ1n) is 8.08. The minimum Gasteiger partial charge on any atom is -0.372 e. The van der Waals surface area contributed by atoms with Crippen molar-refractivity contribution in [2.75, 3.05) is 0 Å². The number of ether oxygens (including phenoxy) is 1. The van der Waals surface area contributed by atoms with Crippen molar-refractivity contribution in [1.29, 1.82) is 0 Å². The van der Waals surface area contributed by atoms with E-state index in [-0.39, 0.29) is 5.56 Å². The molecule has 0 spiro atoms. The van der Waals surface area contributed by atoms with Gasteiger partial charge in [-0.15, -0.1) is 0 Å². The molecule has 3 nitrogen and oxygen atoms in total. The van der Waals surface area contributed by atoms with Gasteiger partial charge in [0.25, 0.3) is 5.56 Å². The fraction of sp³-hybridized carbons (Fsp3) is 0.190. The maximum Gasteiger partial charge on any atom is 0.254 e. The summed E-state index contributed by atoms with van der Waals surface area (Å²) < 4.78 is 7.49. The van der Waals surface area contributed by atoms with Gasteiger partial charge >= 0.3 is 0 Å². The lowest BCUT2D eigenvalue weighted by Gasteiger charge is -2.11. The number of aromatic nitrogens is 1. The van der Waals surface area contributed by atoms with Gasteiger partial charge in [0.2, 0.25) is 0 Å². The van der Waals surface area contributed by atoms with E-state index in [9.17, 15) is 4.79 Å². The van der Waals surface area contributed by atoms with E-state index in [1.807, 2.05) is 79.9 Å². The van der Waals surface area contributed by atoms with Crippen molar-refractivity contribution in [3.63, 3.8) is 0 Å². The average molecular weight is 319 g/mol. The van der Waals surface area contributed by atoms with E-state index < -0.39 is 0 Å². The second-order valence-electron chi connectivity index (χ2n) is 5.86. The van der Waals surface area contributed by atoms with Gasteiger partial charge in [-0.3, -0.25) is 4.79 Å². The van der Waals surface area contributed by atoms with E-state index in [2.05, 4.69) is 0 Å². The number of nitrogens with zero attached hydrogens (tertiary/aromatic N) is 1. The first-order chi connectivity index (χ1) is 11.7. The third-order valence-electron chi connectivity index (χ3n) is 4.08. The predicted octanol–water partition coefficient (Wildman–Crippen LogP) is 3.92. The normalized spacial score (nSPS) is 10.7. The minimum atomic E-state index is 0.0414. The van der Waals surface area contributed by atoms with Crippen molar-refractivity contribution in [2.45, 2.75) is 26.7 Å². The molecule has 0 radical (unpaired) electrons. The van der Waals surface area contributed by atoms with Crippen LogP contribution in [0.5, 0.6) is 0 Å². The summed E-state index contributed by atoms with van der Waals surface area (Å²) in [7, 11) is 0. The summed E-state index contributed by atoms with van der Waals surface area (Å²) in [4.78, 5) is 12.5. The molecule has 0 fully saturated rings. The van der Waals surface area contributed by atoms with Crippen LogP contribution < -0.4 is 5.56 Å². The third-order valence-corrected chi connectivity index (χ3v) is 4.08. The van der Waals surface area contributed by atoms with E-state index in [0.29, 0.717) is 19.8 Å². The summed E-state index contributed by atoms with van der Waals surface area (Å²) in [6.07, 6.45) is 1.85. The second kappa shape index (κ2) is 7.75. The smallest absolute Gasteiger partial charge is 0.254 e. The molecule has 0 aliphatic heterocycles. The molecule has 0 atom stereocenters. The Bertz CT molecular complexity index is 839. The van der Waals surface area contributed by atoms with Crippen molar-refractivity contribution in [3.8, 4) is 0 Å². The SMILES string of the molecule is Cc1c(COCc2ccccc2)ccn(Cc2ccccc2)c1=O. The Hall–Kier alpha value is -2.65. The molecule has 1 heterocycles. The monoisotopic (exact) mass is 319 g/mol. The van der Waals surface area contributed by atoms with Gasteiger partial charge in [0.15, 0.2) is 0 Å². The van der Waals surface area contributed by atoms with Crippen molar-refractivity contribution in [2.24, 2.45) is 0 Å². The van der Waals surface area contributed by atoms with E-state index in [0.717, 1.165) is 22.3 Å². The van der Waals surface area contributed by atoms with Crippen LogP contribution in [0.2, 0.25) is 0 Å². The Labute approximate surface area is 142 Å². The van der Waals surface area contributed by atoms with Gasteiger partial charge < -0.3 is 9.30 Å². The topological polar surface area (TPSA) is 31.2 Å². The molecule has 3 heteroatoms. The van der Waals surface area contributed by atoms with Crippen molar-refractivity contribution < 1.29 is 4.74 Å². The Morgan fingerprint density at radius 2 is 1.46 bits per heavy atom. The maximum absolute atomic E-state index is 12.5. The van der Waals surface area contributed by atoms with Crippen LogP contribution in [0.3, 0.4) is 0 Å². The molecule has 24 heavy (non-hydrogen) atoms. The second-order valence-corrected chi connectivity index (χ2v) is 5.86. The highest BCUT2D eigenvalue weighted by Gasteiger charge is 2.07. The van der Waals surface area contributed by atoms with Crippen LogP contribution in [-0.4, -0.2) is 4.57 Å². The lowest BCUT2D eigenvalue weighted by Crippen LogP contribution is -2.23. The highest BCUT2D eigenvalue weighted by Crippen LogP contribution is 2.09. The average Bonchev–Trinajstić information content (AvgIpc) is 2.63. The van der Waals surface area contributed by atoms with Crippen molar-refractivity contribution in [3.05, 3.63) is 106 Å². The molecule has 0 amide bonds. The van der Waals surface area contributed by atoms with Gasteiger partial charge in [0.1, 0.15) is 0 Å². The van der Waals surface area contributed by atoms with Gasteiger partial charge in [0.05, 0.1) is 19.8 Å². The molecule has 122 valence electrons. The lowest BCUT2D eigenvalue weighted by atomic mass is 10.1. The van der Waals surface area contributed by atoms with Gasteiger partial charge in [-0.2, -0.15) is 0 Å². The summed E-state index contributed by atoms with van der Waals surface area (Å²) >= 11 is 0. The number of rotatable bonds is 6. The molecule has 3 rings (SSSR count). The molecule has 0 aliphatic carbocycles. The zero-order valence-electron chi connectivity index (χ0n) is 13.8. The quantitative estimate of drug-likeness (QED) is 0.689. The zero-order chi connectivity index (χ0) is 16.8. The summed E-state index contributed by atoms with van der Waals surface area (Å²) in [6.45, 7) is 3.45. The predicted molar refractivity (Wildman–Crippen MR) is 95.9 cm³/mol. The van der Waals surface area contributed by atoms with Crippen LogP contribution >= 0.6 is 0 Å². The zero-order valence-corrected chi connectivity index (χ0v) is 13.8. The molecular formula is C21H21NO2. The summed E-state index contributed by atoms with van der Waals surface area (Å²) in [6, 6.07) is 22.0.